The maximum atomic E-state index is 13.3. The molecular weight excluding hydrogens is 322 g/mol. The van der Waals surface area contributed by atoms with Gasteiger partial charge in [0.05, 0.1) is 11.4 Å². The molecular formula is C11H11ClF2N6S. The molecule has 1 aliphatic heterocycles. The van der Waals surface area contributed by atoms with E-state index in [4.69, 9.17) is 11.6 Å². The minimum Gasteiger partial charge on any atom is -0.289 e. The number of hydrogen-bond donors (Lipinski definition) is 1. The van der Waals surface area contributed by atoms with Crippen LogP contribution in [0.5, 0.6) is 0 Å². The van der Waals surface area contributed by atoms with Gasteiger partial charge >= 0.3 is 5.38 Å². The molecule has 0 fully saturated rings. The van der Waals surface area contributed by atoms with E-state index >= 15 is 0 Å². The second kappa shape index (κ2) is 4.99. The van der Waals surface area contributed by atoms with Crippen molar-refractivity contribution in [3.05, 3.63) is 28.7 Å². The maximum absolute atomic E-state index is 13.3. The van der Waals surface area contributed by atoms with Gasteiger partial charge in [-0.1, -0.05) is 11.8 Å². The predicted octanol–water partition coefficient (Wildman–Crippen LogP) is 2.74. The first-order valence-corrected chi connectivity index (χ1v) is 7.36. The fourth-order valence-corrected chi connectivity index (χ4v) is 2.81. The van der Waals surface area contributed by atoms with E-state index in [1.54, 1.807) is 10.1 Å². The first-order chi connectivity index (χ1) is 9.90. The van der Waals surface area contributed by atoms with E-state index in [1.807, 2.05) is 20.0 Å². The molecule has 112 valence electrons. The Balaban J connectivity index is 1.97. The van der Waals surface area contributed by atoms with Gasteiger partial charge in [-0.15, -0.1) is 10.2 Å². The molecule has 10 heteroatoms. The quantitative estimate of drug-likeness (QED) is 0.876. The van der Waals surface area contributed by atoms with Gasteiger partial charge in [0.25, 0.3) is 0 Å². The van der Waals surface area contributed by atoms with Crippen molar-refractivity contribution >= 4 is 29.1 Å². The molecule has 2 aromatic rings. The SMILES string of the molecule is CCn1cc(C2=CSc3nnc(C(F)(F)Cl)n3N2)c(C)n1. The van der Waals surface area contributed by atoms with Gasteiger partial charge in [0.2, 0.25) is 11.0 Å². The molecule has 21 heavy (non-hydrogen) atoms. The van der Waals surface area contributed by atoms with Crippen molar-refractivity contribution in [3.63, 3.8) is 0 Å². The summed E-state index contributed by atoms with van der Waals surface area (Å²) >= 11 is 6.24. The summed E-state index contributed by atoms with van der Waals surface area (Å²) in [6, 6.07) is 0. The molecule has 1 aliphatic rings. The Labute approximate surface area is 128 Å². The number of rotatable bonds is 3. The van der Waals surface area contributed by atoms with Gasteiger partial charge in [0, 0.05) is 23.7 Å². The monoisotopic (exact) mass is 332 g/mol. The normalized spacial score (nSPS) is 14.6. The number of nitrogens with zero attached hydrogens (tertiary/aromatic N) is 5. The third kappa shape index (κ3) is 2.51. The summed E-state index contributed by atoms with van der Waals surface area (Å²) in [5.41, 5.74) is 5.13. The highest BCUT2D eigenvalue weighted by Crippen LogP contribution is 2.36. The second-order valence-corrected chi connectivity index (χ2v) is 5.70. The molecule has 6 nitrogen and oxygen atoms in total. The fourth-order valence-electron chi connectivity index (χ4n) is 1.96. The molecule has 1 N–H and O–H groups in total. The van der Waals surface area contributed by atoms with Crippen molar-refractivity contribution in [1.82, 2.24) is 24.7 Å². The number of hydrogen-bond acceptors (Lipinski definition) is 5. The van der Waals surface area contributed by atoms with Crippen LogP contribution in [-0.2, 0) is 11.9 Å². The molecule has 2 aromatic heterocycles. The highest BCUT2D eigenvalue weighted by atomic mass is 35.5. The Kier molecular flexibility index (Phi) is 3.40. The van der Waals surface area contributed by atoms with Crippen LogP contribution in [0, 0.1) is 6.92 Å². The zero-order valence-electron chi connectivity index (χ0n) is 11.1. The summed E-state index contributed by atoms with van der Waals surface area (Å²) in [6.07, 6.45) is 1.85. The lowest BCUT2D eigenvalue weighted by atomic mass is 10.2. The van der Waals surface area contributed by atoms with Crippen LogP contribution < -0.4 is 5.43 Å². The second-order valence-electron chi connectivity index (χ2n) is 4.38. The molecule has 0 spiro atoms. The van der Waals surface area contributed by atoms with Gasteiger partial charge in [-0.25, -0.2) is 4.68 Å². The summed E-state index contributed by atoms with van der Waals surface area (Å²) in [5.74, 6) is -0.641. The highest BCUT2D eigenvalue weighted by Gasteiger charge is 2.37. The summed E-state index contributed by atoms with van der Waals surface area (Å²) in [7, 11) is 0. The summed E-state index contributed by atoms with van der Waals surface area (Å²) in [4.78, 5) is 0. The molecule has 0 atom stereocenters. The van der Waals surface area contributed by atoms with Crippen molar-refractivity contribution in [3.8, 4) is 0 Å². The number of aryl methyl sites for hydroxylation is 2. The van der Waals surface area contributed by atoms with Gasteiger partial charge in [-0.05, 0) is 25.4 Å². The molecule has 0 saturated heterocycles. The van der Waals surface area contributed by atoms with Gasteiger partial charge in [-0.2, -0.15) is 13.9 Å². The topological polar surface area (TPSA) is 60.6 Å². The van der Waals surface area contributed by atoms with E-state index in [1.165, 1.54) is 11.8 Å². The number of aromatic nitrogens is 5. The van der Waals surface area contributed by atoms with E-state index in [2.05, 4.69) is 20.7 Å². The average Bonchev–Trinajstić information content (AvgIpc) is 3.00. The minimum atomic E-state index is -3.59. The summed E-state index contributed by atoms with van der Waals surface area (Å²) in [6.45, 7) is 4.55. The molecule has 0 aliphatic carbocycles. The van der Waals surface area contributed by atoms with Gasteiger partial charge in [0.1, 0.15) is 0 Å². The zero-order chi connectivity index (χ0) is 15.2. The van der Waals surface area contributed by atoms with Crippen LogP contribution in [0.4, 0.5) is 8.78 Å². The van der Waals surface area contributed by atoms with Crippen LogP contribution in [0.2, 0.25) is 0 Å². The number of fused-ring (bicyclic) bond motifs is 1. The lowest BCUT2D eigenvalue weighted by Gasteiger charge is -2.19. The highest BCUT2D eigenvalue weighted by molar-refractivity contribution is 8.02. The number of thioether (sulfide) groups is 1. The van der Waals surface area contributed by atoms with Gasteiger partial charge < -0.3 is 0 Å². The smallest absolute Gasteiger partial charge is 0.289 e. The average molecular weight is 333 g/mol. The molecule has 0 amide bonds. The molecule has 3 rings (SSSR count). The van der Waals surface area contributed by atoms with E-state index < -0.39 is 11.2 Å². The van der Waals surface area contributed by atoms with E-state index in [9.17, 15) is 8.78 Å². The molecule has 0 radical (unpaired) electrons. The van der Waals surface area contributed by atoms with Gasteiger partial charge in [0.15, 0.2) is 0 Å². The molecule has 0 saturated carbocycles. The largest absolute Gasteiger partial charge is 0.383 e. The Morgan fingerprint density at radius 1 is 1.43 bits per heavy atom. The predicted molar refractivity (Wildman–Crippen MR) is 75.6 cm³/mol. The van der Waals surface area contributed by atoms with Crippen molar-refractivity contribution < 1.29 is 8.78 Å². The fraction of sp³-hybridized carbons (Fsp3) is 0.364. The van der Waals surface area contributed by atoms with E-state index in [0.717, 1.165) is 22.5 Å². The maximum Gasteiger partial charge on any atom is 0.383 e. The lowest BCUT2D eigenvalue weighted by molar-refractivity contribution is 0.0809. The third-order valence-corrected chi connectivity index (χ3v) is 3.96. The standard InChI is InChI=1S/C11H11ClF2N6S/c1-3-19-4-7(6(2)17-19)8-5-21-10-16-15-9(11(12,13)14)20(10)18-8/h4-5,18H,3H2,1-2H3. The minimum absolute atomic E-state index is 0.301. The Morgan fingerprint density at radius 2 is 2.19 bits per heavy atom. The summed E-state index contributed by atoms with van der Waals surface area (Å²) in [5, 5.41) is 9.93. The van der Waals surface area contributed by atoms with E-state index in [-0.39, 0.29) is 0 Å². The molecule has 0 unspecified atom stereocenters. The number of alkyl halides is 3. The van der Waals surface area contributed by atoms with Gasteiger partial charge in [-0.3, -0.25) is 10.1 Å². The number of nitrogens with one attached hydrogen (secondary N) is 1. The summed E-state index contributed by atoms with van der Waals surface area (Å²) < 4.78 is 29.5. The van der Waals surface area contributed by atoms with Crippen molar-refractivity contribution in [2.45, 2.75) is 30.9 Å². The number of halogens is 3. The van der Waals surface area contributed by atoms with Crippen molar-refractivity contribution in [2.24, 2.45) is 0 Å². The molecule has 3 heterocycles. The van der Waals surface area contributed by atoms with Crippen LogP contribution >= 0.6 is 23.4 Å². The van der Waals surface area contributed by atoms with E-state index in [0.29, 0.717) is 10.9 Å². The van der Waals surface area contributed by atoms with Crippen LogP contribution in [0.1, 0.15) is 24.0 Å². The Hall–Kier alpha value is -1.61. The first-order valence-electron chi connectivity index (χ1n) is 6.11. The van der Waals surface area contributed by atoms with Crippen LogP contribution in [0.3, 0.4) is 0 Å². The van der Waals surface area contributed by atoms with Crippen LogP contribution in [0.15, 0.2) is 16.8 Å². The zero-order valence-corrected chi connectivity index (χ0v) is 12.7. The van der Waals surface area contributed by atoms with Crippen molar-refractivity contribution in [1.29, 1.82) is 0 Å². The molecule has 0 aromatic carbocycles. The third-order valence-electron chi connectivity index (χ3n) is 2.96. The lowest BCUT2D eigenvalue weighted by Crippen LogP contribution is -2.24. The van der Waals surface area contributed by atoms with Crippen molar-refractivity contribution in [2.75, 3.05) is 5.43 Å². The van der Waals surface area contributed by atoms with Crippen LogP contribution in [0.25, 0.3) is 5.70 Å². The first kappa shape index (κ1) is 14.3. The Morgan fingerprint density at radius 3 is 2.81 bits per heavy atom. The molecule has 0 bridgehead atoms. The van der Waals surface area contributed by atoms with Crippen LogP contribution in [-0.4, -0.2) is 24.7 Å². The Bertz CT molecular complexity index is 717.